The van der Waals surface area contributed by atoms with Crippen molar-refractivity contribution >= 4 is 28.9 Å². The van der Waals surface area contributed by atoms with Crippen LogP contribution in [0.1, 0.15) is 5.56 Å². The van der Waals surface area contributed by atoms with Crippen LogP contribution in [0.3, 0.4) is 0 Å². The molecule has 0 spiro atoms. The second kappa shape index (κ2) is 4.60. The van der Waals surface area contributed by atoms with E-state index in [-0.39, 0.29) is 0 Å². The molecule has 0 saturated carbocycles. The number of hydrogen-bond acceptors (Lipinski definition) is 4. The third-order valence-corrected chi connectivity index (χ3v) is 2.89. The highest BCUT2D eigenvalue weighted by Gasteiger charge is 2.15. The quantitative estimate of drug-likeness (QED) is 0.783. The Bertz CT molecular complexity index is 300. The summed E-state index contributed by atoms with van der Waals surface area (Å²) in [6.45, 7) is 0. The summed E-state index contributed by atoms with van der Waals surface area (Å²) in [6.07, 6.45) is 0.426. The maximum atomic E-state index is 11.0. The fourth-order valence-electron chi connectivity index (χ4n) is 0.937. The second-order valence-corrected chi connectivity index (χ2v) is 4.07. The number of nitrogens with two attached hydrogens (primary N) is 1. The summed E-state index contributed by atoms with van der Waals surface area (Å²) >= 11 is 7.27. The predicted molar refractivity (Wildman–Crippen MR) is 53.0 cm³/mol. The number of methoxy groups -OCH3 is 1. The third-order valence-electron chi connectivity index (χ3n) is 1.64. The van der Waals surface area contributed by atoms with Crippen LogP contribution in [-0.4, -0.2) is 19.1 Å². The fourth-order valence-corrected chi connectivity index (χ4v) is 1.89. The molecule has 0 saturated heterocycles. The Balaban J connectivity index is 2.59. The number of hydrogen-bond donors (Lipinski definition) is 1. The summed E-state index contributed by atoms with van der Waals surface area (Å²) in [5.74, 6) is -0.415. The lowest BCUT2D eigenvalue weighted by atomic mass is 10.1. The van der Waals surface area contributed by atoms with Gasteiger partial charge in [-0.3, -0.25) is 4.79 Å². The molecule has 72 valence electrons. The zero-order valence-corrected chi connectivity index (χ0v) is 8.69. The van der Waals surface area contributed by atoms with Gasteiger partial charge in [0, 0.05) is 6.42 Å². The molecular formula is C8H10ClNO2S. The maximum absolute atomic E-state index is 11.0. The molecule has 0 unspecified atom stereocenters. The van der Waals surface area contributed by atoms with Gasteiger partial charge in [-0.2, -0.15) is 0 Å². The molecule has 1 heterocycles. The molecule has 5 heteroatoms. The van der Waals surface area contributed by atoms with Gasteiger partial charge in [0.2, 0.25) is 0 Å². The lowest BCUT2D eigenvalue weighted by Gasteiger charge is -2.07. The van der Waals surface area contributed by atoms with Gasteiger partial charge in [0.25, 0.3) is 0 Å². The van der Waals surface area contributed by atoms with E-state index in [0.717, 1.165) is 5.56 Å². The van der Waals surface area contributed by atoms with Crippen LogP contribution in [0.25, 0.3) is 0 Å². The highest BCUT2D eigenvalue weighted by Crippen LogP contribution is 2.23. The van der Waals surface area contributed by atoms with Crippen LogP contribution in [0.4, 0.5) is 0 Å². The number of halogens is 1. The largest absolute Gasteiger partial charge is 0.468 e. The molecule has 0 aromatic carbocycles. The standard InChI is InChI=1S/C8H10ClNO2S/c1-12-8(11)6(10)4-5-2-3-13-7(5)9/h2-3,6H,4,10H2,1H3/t6-/m1/s1. The number of thiophene rings is 1. The van der Waals surface area contributed by atoms with E-state index in [1.165, 1.54) is 18.4 Å². The van der Waals surface area contributed by atoms with Crippen molar-refractivity contribution in [2.24, 2.45) is 5.73 Å². The van der Waals surface area contributed by atoms with E-state index in [2.05, 4.69) is 4.74 Å². The van der Waals surface area contributed by atoms with Gasteiger partial charge in [-0.15, -0.1) is 11.3 Å². The Morgan fingerprint density at radius 2 is 2.54 bits per heavy atom. The maximum Gasteiger partial charge on any atom is 0.322 e. The molecule has 0 bridgehead atoms. The van der Waals surface area contributed by atoms with E-state index >= 15 is 0 Å². The van der Waals surface area contributed by atoms with Crippen molar-refractivity contribution in [3.05, 3.63) is 21.3 Å². The topological polar surface area (TPSA) is 52.3 Å². The van der Waals surface area contributed by atoms with Crippen LogP contribution < -0.4 is 5.73 Å². The Hall–Kier alpha value is -0.580. The van der Waals surface area contributed by atoms with Crippen LogP contribution in [0.2, 0.25) is 4.34 Å². The molecule has 1 rings (SSSR count). The first-order chi connectivity index (χ1) is 6.15. The van der Waals surface area contributed by atoms with Crippen molar-refractivity contribution in [3.63, 3.8) is 0 Å². The molecule has 0 aliphatic heterocycles. The molecule has 0 aliphatic carbocycles. The fraction of sp³-hybridized carbons (Fsp3) is 0.375. The molecular weight excluding hydrogens is 210 g/mol. The minimum Gasteiger partial charge on any atom is -0.468 e. The van der Waals surface area contributed by atoms with Crippen LogP contribution in [0, 0.1) is 0 Å². The Morgan fingerprint density at radius 3 is 3.00 bits per heavy atom. The third kappa shape index (κ3) is 2.69. The lowest BCUT2D eigenvalue weighted by Crippen LogP contribution is -2.33. The molecule has 2 N–H and O–H groups in total. The van der Waals surface area contributed by atoms with E-state index in [9.17, 15) is 4.79 Å². The first-order valence-corrected chi connectivity index (χ1v) is 4.96. The highest BCUT2D eigenvalue weighted by atomic mass is 35.5. The van der Waals surface area contributed by atoms with Gasteiger partial charge in [0.1, 0.15) is 6.04 Å². The van der Waals surface area contributed by atoms with Crippen molar-refractivity contribution in [1.29, 1.82) is 0 Å². The van der Waals surface area contributed by atoms with Gasteiger partial charge in [0.05, 0.1) is 11.4 Å². The Labute approximate surface area is 85.4 Å². The smallest absolute Gasteiger partial charge is 0.322 e. The van der Waals surface area contributed by atoms with Gasteiger partial charge in [-0.25, -0.2) is 0 Å². The summed E-state index contributed by atoms with van der Waals surface area (Å²) in [5.41, 5.74) is 6.45. The van der Waals surface area contributed by atoms with Crippen molar-refractivity contribution in [3.8, 4) is 0 Å². The van der Waals surface area contributed by atoms with Crippen molar-refractivity contribution in [2.75, 3.05) is 7.11 Å². The van der Waals surface area contributed by atoms with Crippen molar-refractivity contribution in [1.82, 2.24) is 0 Å². The van der Waals surface area contributed by atoms with E-state index in [1.807, 2.05) is 11.4 Å². The molecule has 1 aromatic heterocycles. The number of carbonyl (C=O) groups excluding carboxylic acids is 1. The van der Waals surface area contributed by atoms with Gasteiger partial charge in [-0.1, -0.05) is 11.6 Å². The van der Waals surface area contributed by atoms with Crippen LogP contribution in [0.5, 0.6) is 0 Å². The van der Waals surface area contributed by atoms with E-state index in [4.69, 9.17) is 17.3 Å². The van der Waals surface area contributed by atoms with E-state index in [0.29, 0.717) is 10.8 Å². The molecule has 0 aliphatic rings. The average molecular weight is 220 g/mol. The summed E-state index contributed by atoms with van der Waals surface area (Å²) < 4.78 is 5.18. The molecule has 0 fully saturated rings. The van der Waals surface area contributed by atoms with Crippen LogP contribution in [0.15, 0.2) is 11.4 Å². The SMILES string of the molecule is COC(=O)[C@H](N)Cc1ccsc1Cl. The predicted octanol–water partition coefficient (Wildman–Crippen LogP) is 1.44. The van der Waals surface area contributed by atoms with Gasteiger partial charge >= 0.3 is 5.97 Å². The zero-order valence-electron chi connectivity index (χ0n) is 7.12. The molecule has 3 nitrogen and oxygen atoms in total. The minimum atomic E-state index is -0.628. The Kier molecular flexibility index (Phi) is 3.71. The lowest BCUT2D eigenvalue weighted by molar-refractivity contribution is -0.142. The van der Waals surface area contributed by atoms with Gasteiger partial charge < -0.3 is 10.5 Å². The number of esters is 1. The molecule has 13 heavy (non-hydrogen) atoms. The second-order valence-electron chi connectivity index (χ2n) is 2.55. The summed E-state index contributed by atoms with van der Waals surface area (Å²) in [5, 5.41) is 1.86. The van der Waals surface area contributed by atoms with Gasteiger partial charge in [0.15, 0.2) is 0 Å². The van der Waals surface area contributed by atoms with Gasteiger partial charge in [-0.05, 0) is 17.0 Å². The molecule has 1 atom stereocenters. The average Bonchev–Trinajstić information content (AvgIpc) is 2.50. The normalized spacial score (nSPS) is 12.5. The van der Waals surface area contributed by atoms with E-state index in [1.54, 1.807) is 0 Å². The first kappa shape index (κ1) is 10.5. The zero-order chi connectivity index (χ0) is 9.84. The minimum absolute atomic E-state index is 0.415. The molecule has 0 amide bonds. The highest BCUT2D eigenvalue weighted by molar-refractivity contribution is 7.14. The molecule has 1 aromatic rings. The number of carbonyl (C=O) groups is 1. The van der Waals surface area contributed by atoms with Crippen LogP contribution >= 0.6 is 22.9 Å². The molecule has 0 radical (unpaired) electrons. The summed E-state index contributed by atoms with van der Waals surface area (Å²) in [4.78, 5) is 11.0. The number of ether oxygens (including phenoxy) is 1. The van der Waals surface area contributed by atoms with E-state index < -0.39 is 12.0 Å². The van der Waals surface area contributed by atoms with Crippen molar-refractivity contribution < 1.29 is 9.53 Å². The summed E-state index contributed by atoms with van der Waals surface area (Å²) in [7, 11) is 1.32. The summed E-state index contributed by atoms with van der Waals surface area (Å²) in [6, 6.07) is 1.23. The monoisotopic (exact) mass is 219 g/mol. The van der Waals surface area contributed by atoms with Crippen molar-refractivity contribution in [2.45, 2.75) is 12.5 Å². The van der Waals surface area contributed by atoms with Crippen LogP contribution in [-0.2, 0) is 16.0 Å². The number of rotatable bonds is 3. The first-order valence-electron chi connectivity index (χ1n) is 3.70. The Morgan fingerprint density at radius 1 is 1.85 bits per heavy atom.